The smallest absolute Gasteiger partial charge is 0.243 e. The van der Waals surface area contributed by atoms with Gasteiger partial charge in [-0.1, -0.05) is 0 Å². The van der Waals surface area contributed by atoms with Crippen molar-refractivity contribution in [1.29, 1.82) is 0 Å². The Bertz CT molecular complexity index is 675. The first-order chi connectivity index (χ1) is 14.0. The molecule has 2 rings (SSSR count). The topological polar surface area (TPSA) is 87.7 Å². The van der Waals surface area contributed by atoms with E-state index in [0.717, 1.165) is 51.5 Å². The highest BCUT2D eigenvalue weighted by atomic mass is 16.5. The van der Waals surface area contributed by atoms with Crippen molar-refractivity contribution in [3.8, 4) is 11.5 Å². The number of amides is 1. The van der Waals surface area contributed by atoms with Gasteiger partial charge >= 0.3 is 0 Å². The first kappa shape index (κ1) is 22.8. The molecule has 0 atom stereocenters. The molecule has 9 nitrogen and oxygen atoms in total. The largest absolute Gasteiger partial charge is 0.493 e. The van der Waals surface area contributed by atoms with E-state index < -0.39 is 0 Å². The number of hydrogen-bond acceptors (Lipinski definition) is 6. The number of aliphatic imine (C=N–C) groups is 1. The normalized spacial score (nSPS) is 15.0. The third-order valence-electron chi connectivity index (χ3n) is 4.56. The maximum absolute atomic E-state index is 11.9. The van der Waals surface area contributed by atoms with Crippen LogP contribution in [0.25, 0.3) is 0 Å². The molecule has 0 unspecified atom stereocenters. The van der Waals surface area contributed by atoms with Gasteiger partial charge in [0.2, 0.25) is 5.91 Å². The van der Waals surface area contributed by atoms with Crippen LogP contribution in [0.2, 0.25) is 0 Å². The lowest BCUT2D eigenvalue weighted by atomic mass is 10.2. The number of anilines is 1. The van der Waals surface area contributed by atoms with Crippen LogP contribution in [0, 0.1) is 0 Å². The Morgan fingerprint density at radius 3 is 2.59 bits per heavy atom. The minimum atomic E-state index is -0.0632. The standard InChI is InChI=1S/C20H33N5O4/c1-24(2)19(26)15-22-20(21-8-5-9-25-10-12-29-13-11-25)23-16-6-7-17(27-3)18(14-16)28-4/h6-7,14H,5,8-13,15H2,1-4H3,(H2,21,22,23). The van der Waals surface area contributed by atoms with Gasteiger partial charge in [-0.2, -0.15) is 0 Å². The Morgan fingerprint density at radius 2 is 1.93 bits per heavy atom. The first-order valence-corrected chi connectivity index (χ1v) is 9.81. The van der Waals surface area contributed by atoms with Gasteiger partial charge in [0.1, 0.15) is 6.54 Å². The molecule has 1 aliphatic rings. The van der Waals surface area contributed by atoms with Gasteiger partial charge < -0.3 is 29.7 Å². The van der Waals surface area contributed by atoms with E-state index in [1.54, 1.807) is 28.3 Å². The Kier molecular flexibility index (Phi) is 9.52. The number of hydrogen-bond donors (Lipinski definition) is 2. The number of carbonyl (C=O) groups excluding carboxylic acids is 1. The summed E-state index contributed by atoms with van der Waals surface area (Å²) in [6.45, 7) is 5.36. The maximum atomic E-state index is 11.9. The number of likely N-dealkylation sites (N-methyl/N-ethyl adjacent to an activating group) is 1. The van der Waals surface area contributed by atoms with E-state index >= 15 is 0 Å². The number of ether oxygens (including phenoxy) is 3. The fourth-order valence-electron chi connectivity index (χ4n) is 2.81. The highest BCUT2D eigenvalue weighted by molar-refractivity contribution is 5.95. The van der Waals surface area contributed by atoms with Gasteiger partial charge in [-0.15, -0.1) is 0 Å². The van der Waals surface area contributed by atoms with E-state index in [4.69, 9.17) is 14.2 Å². The molecule has 0 radical (unpaired) electrons. The van der Waals surface area contributed by atoms with E-state index in [2.05, 4.69) is 20.5 Å². The number of rotatable bonds is 9. The second kappa shape index (κ2) is 12.1. The molecule has 1 aliphatic heterocycles. The van der Waals surface area contributed by atoms with Crippen molar-refractivity contribution in [1.82, 2.24) is 15.1 Å². The minimum Gasteiger partial charge on any atom is -0.493 e. The van der Waals surface area contributed by atoms with Crippen LogP contribution in [-0.2, 0) is 9.53 Å². The maximum Gasteiger partial charge on any atom is 0.243 e. The molecular weight excluding hydrogens is 374 g/mol. The van der Waals surface area contributed by atoms with Crippen molar-refractivity contribution in [2.75, 3.05) is 79.6 Å². The number of benzene rings is 1. The van der Waals surface area contributed by atoms with Crippen molar-refractivity contribution in [2.24, 2.45) is 4.99 Å². The van der Waals surface area contributed by atoms with Crippen LogP contribution in [0.15, 0.2) is 23.2 Å². The number of nitrogens with zero attached hydrogens (tertiary/aromatic N) is 3. The molecule has 1 aromatic rings. The van der Waals surface area contributed by atoms with Crippen LogP contribution in [0.1, 0.15) is 6.42 Å². The molecule has 0 bridgehead atoms. The monoisotopic (exact) mass is 407 g/mol. The molecule has 0 aliphatic carbocycles. The zero-order valence-corrected chi connectivity index (χ0v) is 17.9. The average molecular weight is 408 g/mol. The van der Waals surface area contributed by atoms with E-state index in [1.807, 2.05) is 18.2 Å². The summed E-state index contributed by atoms with van der Waals surface area (Å²) in [6.07, 6.45) is 0.967. The van der Waals surface area contributed by atoms with Crippen LogP contribution < -0.4 is 20.1 Å². The highest BCUT2D eigenvalue weighted by Gasteiger charge is 2.11. The van der Waals surface area contributed by atoms with Gasteiger partial charge in [-0.25, -0.2) is 4.99 Å². The third kappa shape index (κ3) is 7.78. The van der Waals surface area contributed by atoms with Gasteiger partial charge in [0.05, 0.1) is 27.4 Å². The number of morpholine rings is 1. The minimum absolute atomic E-state index is 0.0632. The Balaban J connectivity index is 1.96. The van der Waals surface area contributed by atoms with Crippen LogP contribution in [0.4, 0.5) is 5.69 Å². The molecule has 29 heavy (non-hydrogen) atoms. The molecule has 1 amide bonds. The van der Waals surface area contributed by atoms with Gasteiger partial charge in [-0.3, -0.25) is 9.69 Å². The van der Waals surface area contributed by atoms with Crippen molar-refractivity contribution in [3.05, 3.63) is 18.2 Å². The molecule has 2 N–H and O–H groups in total. The number of guanidine groups is 1. The summed E-state index contributed by atoms with van der Waals surface area (Å²) in [6, 6.07) is 5.53. The Labute approximate surface area is 173 Å². The molecule has 0 saturated carbocycles. The van der Waals surface area contributed by atoms with Gasteiger partial charge in [0.25, 0.3) is 0 Å². The molecule has 1 fully saturated rings. The second-order valence-corrected chi connectivity index (χ2v) is 6.88. The predicted molar refractivity (Wildman–Crippen MR) is 114 cm³/mol. The van der Waals surface area contributed by atoms with E-state index in [0.29, 0.717) is 17.5 Å². The van der Waals surface area contributed by atoms with Crippen molar-refractivity contribution < 1.29 is 19.0 Å². The lowest BCUT2D eigenvalue weighted by molar-refractivity contribution is -0.127. The fourth-order valence-corrected chi connectivity index (χ4v) is 2.81. The number of nitrogens with one attached hydrogen (secondary N) is 2. The number of methoxy groups -OCH3 is 2. The second-order valence-electron chi connectivity index (χ2n) is 6.88. The Hall–Kier alpha value is -2.52. The number of carbonyl (C=O) groups is 1. The molecule has 1 saturated heterocycles. The quantitative estimate of drug-likeness (QED) is 0.357. The van der Waals surface area contributed by atoms with Gasteiger partial charge in [0.15, 0.2) is 17.5 Å². The Morgan fingerprint density at radius 1 is 1.21 bits per heavy atom. The third-order valence-corrected chi connectivity index (χ3v) is 4.56. The molecular formula is C20H33N5O4. The summed E-state index contributed by atoms with van der Waals surface area (Å²) < 4.78 is 16.0. The molecule has 0 spiro atoms. The summed E-state index contributed by atoms with van der Waals surface area (Å²) in [5, 5.41) is 6.54. The lowest BCUT2D eigenvalue weighted by Gasteiger charge is -2.26. The van der Waals surface area contributed by atoms with Gasteiger partial charge in [0, 0.05) is 45.5 Å². The lowest BCUT2D eigenvalue weighted by Crippen LogP contribution is -2.39. The SMILES string of the molecule is COc1ccc(NC(=NCC(=O)N(C)C)NCCCN2CCOCC2)cc1OC. The molecule has 162 valence electrons. The van der Waals surface area contributed by atoms with Crippen LogP contribution in [0.5, 0.6) is 11.5 Å². The van der Waals surface area contributed by atoms with Crippen molar-refractivity contribution in [3.63, 3.8) is 0 Å². The molecule has 0 aromatic heterocycles. The molecule has 9 heteroatoms. The zero-order chi connectivity index (χ0) is 21.1. The average Bonchev–Trinajstić information content (AvgIpc) is 2.74. The summed E-state index contributed by atoms with van der Waals surface area (Å²) in [7, 11) is 6.63. The van der Waals surface area contributed by atoms with Crippen molar-refractivity contribution >= 4 is 17.6 Å². The molecule has 1 aromatic carbocycles. The predicted octanol–water partition coefficient (Wildman–Crippen LogP) is 0.872. The van der Waals surface area contributed by atoms with Gasteiger partial charge in [-0.05, 0) is 25.1 Å². The summed E-state index contributed by atoms with van der Waals surface area (Å²) in [5.74, 6) is 1.76. The van der Waals surface area contributed by atoms with E-state index in [-0.39, 0.29) is 12.5 Å². The fraction of sp³-hybridized carbons (Fsp3) is 0.600. The zero-order valence-electron chi connectivity index (χ0n) is 17.9. The summed E-state index contributed by atoms with van der Waals surface area (Å²) in [5.41, 5.74) is 0.791. The van der Waals surface area contributed by atoms with Crippen LogP contribution >= 0.6 is 0 Å². The first-order valence-electron chi connectivity index (χ1n) is 9.81. The van der Waals surface area contributed by atoms with Crippen molar-refractivity contribution in [2.45, 2.75) is 6.42 Å². The molecule has 1 heterocycles. The summed E-state index contributed by atoms with van der Waals surface area (Å²) >= 11 is 0. The van der Waals surface area contributed by atoms with Crippen LogP contribution in [0.3, 0.4) is 0 Å². The van der Waals surface area contributed by atoms with E-state index in [9.17, 15) is 4.79 Å². The van der Waals surface area contributed by atoms with E-state index in [1.165, 1.54) is 4.90 Å². The summed E-state index contributed by atoms with van der Waals surface area (Å²) in [4.78, 5) is 20.3. The van der Waals surface area contributed by atoms with Crippen LogP contribution in [-0.4, -0.2) is 95.9 Å². The highest BCUT2D eigenvalue weighted by Crippen LogP contribution is 2.29.